The fourth-order valence-electron chi connectivity index (χ4n) is 2.82. The quantitative estimate of drug-likeness (QED) is 0.607. The summed E-state index contributed by atoms with van der Waals surface area (Å²) in [6.45, 7) is 1.70. The Bertz CT molecular complexity index is 997. The number of carbonyl (C=O) groups excluding carboxylic acids is 2. The third kappa shape index (κ3) is 4.41. The smallest absolute Gasteiger partial charge is 0.243 e. The highest BCUT2D eigenvalue weighted by atomic mass is 35.5. The molecular formula is C20H20ClN3O3. The maximum absolute atomic E-state index is 12.2. The molecule has 1 heterocycles. The molecule has 0 radical (unpaired) electrons. The number of carbonyl (C=O) groups is 2. The van der Waals surface area contributed by atoms with E-state index in [1.807, 2.05) is 37.4 Å². The first-order valence-electron chi connectivity index (χ1n) is 8.43. The Kier molecular flexibility index (Phi) is 5.66. The van der Waals surface area contributed by atoms with Gasteiger partial charge in [0.1, 0.15) is 5.75 Å². The minimum absolute atomic E-state index is 0.133. The van der Waals surface area contributed by atoms with Gasteiger partial charge in [0.05, 0.1) is 25.8 Å². The third-order valence-corrected chi connectivity index (χ3v) is 4.63. The molecule has 0 fully saturated rings. The van der Waals surface area contributed by atoms with Gasteiger partial charge >= 0.3 is 0 Å². The summed E-state index contributed by atoms with van der Waals surface area (Å²) < 4.78 is 5.23. The Morgan fingerprint density at radius 2 is 1.96 bits per heavy atom. The normalized spacial score (nSPS) is 10.6. The zero-order chi connectivity index (χ0) is 19.4. The van der Waals surface area contributed by atoms with Gasteiger partial charge in [-0.2, -0.15) is 0 Å². The molecule has 2 aromatic carbocycles. The number of hydrogen-bond acceptors (Lipinski definition) is 3. The summed E-state index contributed by atoms with van der Waals surface area (Å²) in [6, 6.07) is 11.1. The highest BCUT2D eigenvalue weighted by molar-refractivity contribution is 6.31. The van der Waals surface area contributed by atoms with Crippen molar-refractivity contribution < 1.29 is 14.3 Å². The second kappa shape index (κ2) is 8.14. The van der Waals surface area contributed by atoms with Gasteiger partial charge in [0.25, 0.3) is 0 Å². The Labute approximate surface area is 161 Å². The van der Waals surface area contributed by atoms with Crippen LogP contribution in [0.4, 0.5) is 5.69 Å². The number of H-pyrrole nitrogens is 1. The van der Waals surface area contributed by atoms with Gasteiger partial charge in [-0.3, -0.25) is 9.59 Å². The van der Waals surface area contributed by atoms with Crippen molar-refractivity contribution in [1.82, 2.24) is 10.3 Å². The first-order chi connectivity index (χ1) is 13.0. The number of ether oxygens (including phenoxy) is 1. The second-order valence-electron chi connectivity index (χ2n) is 6.16. The van der Waals surface area contributed by atoms with E-state index in [4.69, 9.17) is 16.3 Å². The average molecular weight is 386 g/mol. The summed E-state index contributed by atoms with van der Waals surface area (Å²) in [5, 5.41) is 6.92. The van der Waals surface area contributed by atoms with Gasteiger partial charge in [0, 0.05) is 28.2 Å². The van der Waals surface area contributed by atoms with Gasteiger partial charge in [0.2, 0.25) is 11.8 Å². The summed E-state index contributed by atoms with van der Waals surface area (Å²) in [6.07, 6.45) is 2.01. The van der Waals surface area contributed by atoms with Crippen molar-refractivity contribution >= 4 is 40.0 Å². The summed E-state index contributed by atoms with van der Waals surface area (Å²) in [7, 11) is 1.50. The van der Waals surface area contributed by atoms with Crippen molar-refractivity contribution in [2.45, 2.75) is 13.3 Å². The van der Waals surface area contributed by atoms with Crippen LogP contribution in [0.25, 0.3) is 10.9 Å². The summed E-state index contributed by atoms with van der Waals surface area (Å²) in [5.74, 6) is -0.111. The first-order valence-corrected chi connectivity index (χ1v) is 8.81. The van der Waals surface area contributed by atoms with E-state index in [1.54, 1.807) is 12.1 Å². The maximum Gasteiger partial charge on any atom is 0.243 e. The van der Waals surface area contributed by atoms with Gasteiger partial charge in [-0.15, -0.1) is 0 Å². The van der Waals surface area contributed by atoms with Gasteiger partial charge in [-0.1, -0.05) is 29.8 Å². The molecule has 0 aliphatic heterocycles. The van der Waals surface area contributed by atoms with Crippen LogP contribution in [-0.4, -0.2) is 30.5 Å². The van der Waals surface area contributed by atoms with Gasteiger partial charge in [-0.05, 0) is 30.2 Å². The van der Waals surface area contributed by atoms with E-state index in [0.717, 1.165) is 22.0 Å². The van der Waals surface area contributed by atoms with Gasteiger partial charge < -0.3 is 20.4 Å². The van der Waals surface area contributed by atoms with Crippen LogP contribution in [0.1, 0.15) is 11.1 Å². The molecule has 3 aromatic rings. The zero-order valence-corrected chi connectivity index (χ0v) is 15.8. The number of para-hydroxylation sites is 1. The molecule has 3 N–H and O–H groups in total. The van der Waals surface area contributed by atoms with E-state index in [-0.39, 0.29) is 24.8 Å². The van der Waals surface area contributed by atoms with Crippen LogP contribution in [0.5, 0.6) is 5.75 Å². The zero-order valence-electron chi connectivity index (χ0n) is 15.1. The van der Waals surface area contributed by atoms with E-state index in [9.17, 15) is 9.59 Å². The number of amides is 2. The van der Waals surface area contributed by atoms with E-state index in [0.29, 0.717) is 16.5 Å². The van der Waals surface area contributed by atoms with Gasteiger partial charge in [0.15, 0.2) is 0 Å². The maximum atomic E-state index is 12.2. The number of aryl methyl sites for hydroxylation is 1. The molecule has 7 heteroatoms. The molecule has 0 spiro atoms. The molecule has 6 nitrogen and oxygen atoms in total. The topological polar surface area (TPSA) is 83.2 Å². The molecule has 27 heavy (non-hydrogen) atoms. The van der Waals surface area contributed by atoms with Crippen LogP contribution in [0, 0.1) is 6.92 Å². The largest absolute Gasteiger partial charge is 0.495 e. The van der Waals surface area contributed by atoms with Crippen LogP contribution in [-0.2, 0) is 16.0 Å². The lowest BCUT2D eigenvalue weighted by molar-refractivity contribution is -0.123. The highest BCUT2D eigenvalue weighted by Gasteiger charge is 2.13. The summed E-state index contributed by atoms with van der Waals surface area (Å²) >= 11 is 6.06. The number of anilines is 1. The molecule has 3 rings (SSSR count). The lowest BCUT2D eigenvalue weighted by Crippen LogP contribution is -2.33. The van der Waals surface area contributed by atoms with Crippen LogP contribution in [0.3, 0.4) is 0 Å². The Morgan fingerprint density at radius 3 is 2.74 bits per heavy atom. The van der Waals surface area contributed by atoms with E-state index in [1.165, 1.54) is 7.11 Å². The fourth-order valence-corrected chi connectivity index (χ4v) is 2.97. The number of aromatic amines is 1. The second-order valence-corrected chi connectivity index (χ2v) is 6.57. The van der Waals surface area contributed by atoms with Crippen molar-refractivity contribution in [3.8, 4) is 5.75 Å². The highest BCUT2D eigenvalue weighted by Crippen LogP contribution is 2.30. The van der Waals surface area contributed by atoms with E-state index < -0.39 is 0 Å². The molecule has 0 atom stereocenters. The van der Waals surface area contributed by atoms with Gasteiger partial charge in [-0.25, -0.2) is 0 Å². The van der Waals surface area contributed by atoms with Crippen molar-refractivity contribution in [1.29, 1.82) is 0 Å². The number of nitrogens with one attached hydrogen (secondary N) is 3. The monoisotopic (exact) mass is 385 g/mol. The molecule has 0 aliphatic rings. The predicted octanol–water partition coefficient (Wildman–Crippen LogP) is 3.44. The lowest BCUT2D eigenvalue weighted by atomic mass is 10.1. The predicted molar refractivity (Wildman–Crippen MR) is 106 cm³/mol. The number of rotatable bonds is 6. The van der Waals surface area contributed by atoms with Crippen molar-refractivity contribution in [3.63, 3.8) is 0 Å². The minimum atomic E-state index is -0.345. The molecule has 0 saturated carbocycles. The molecule has 2 amide bonds. The number of aromatic nitrogens is 1. The standard InChI is InChI=1S/C20H20ClN3O3/c1-12-7-17(18(27-2)9-15(12)21)24-20(26)11-23-19(25)8-13-10-22-16-6-4-3-5-14(13)16/h3-7,9-10,22H,8,11H2,1-2H3,(H,23,25)(H,24,26). The molecule has 140 valence electrons. The number of halogens is 1. The van der Waals surface area contributed by atoms with E-state index in [2.05, 4.69) is 15.6 Å². The Balaban J connectivity index is 1.58. The third-order valence-electron chi connectivity index (χ3n) is 4.23. The van der Waals surface area contributed by atoms with Crippen molar-refractivity contribution in [2.24, 2.45) is 0 Å². The molecular weight excluding hydrogens is 366 g/mol. The number of benzene rings is 2. The van der Waals surface area contributed by atoms with Crippen LogP contribution in [0.15, 0.2) is 42.6 Å². The molecule has 0 unspecified atom stereocenters. The minimum Gasteiger partial charge on any atom is -0.495 e. The lowest BCUT2D eigenvalue weighted by Gasteiger charge is -2.12. The molecule has 0 bridgehead atoms. The van der Waals surface area contributed by atoms with Crippen LogP contribution >= 0.6 is 11.6 Å². The Morgan fingerprint density at radius 1 is 1.19 bits per heavy atom. The molecule has 0 aliphatic carbocycles. The summed E-state index contributed by atoms with van der Waals surface area (Å²) in [4.78, 5) is 27.5. The van der Waals surface area contributed by atoms with E-state index >= 15 is 0 Å². The van der Waals surface area contributed by atoms with Crippen LogP contribution < -0.4 is 15.4 Å². The van der Waals surface area contributed by atoms with Crippen molar-refractivity contribution in [2.75, 3.05) is 19.0 Å². The average Bonchev–Trinajstić information content (AvgIpc) is 3.06. The fraction of sp³-hybridized carbons (Fsp3) is 0.200. The summed E-state index contributed by atoms with van der Waals surface area (Å²) in [5.41, 5.74) is 3.19. The number of hydrogen-bond donors (Lipinski definition) is 3. The number of methoxy groups -OCH3 is 1. The first kappa shape index (κ1) is 18.8. The number of fused-ring (bicyclic) bond motifs is 1. The van der Waals surface area contributed by atoms with Crippen molar-refractivity contribution in [3.05, 3.63) is 58.7 Å². The Hall–Kier alpha value is -2.99. The molecule has 1 aromatic heterocycles. The molecule has 0 saturated heterocycles. The SMILES string of the molecule is COc1cc(Cl)c(C)cc1NC(=O)CNC(=O)Cc1c[nH]c2ccccc12. The van der Waals surface area contributed by atoms with Crippen LogP contribution in [0.2, 0.25) is 5.02 Å².